The number of thiophene rings is 1. The van der Waals surface area contributed by atoms with Gasteiger partial charge in [0, 0.05) is 21.2 Å². The van der Waals surface area contributed by atoms with Gasteiger partial charge in [-0.2, -0.15) is 0 Å². The largest absolute Gasteiger partial charge is 0.398 e. The van der Waals surface area contributed by atoms with E-state index >= 15 is 0 Å². The van der Waals surface area contributed by atoms with Gasteiger partial charge < -0.3 is 10.6 Å². The summed E-state index contributed by atoms with van der Waals surface area (Å²) in [6.45, 7) is 2.31. The summed E-state index contributed by atoms with van der Waals surface area (Å²) < 4.78 is 0. The van der Waals surface area contributed by atoms with E-state index in [0.717, 1.165) is 10.4 Å². The lowest BCUT2D eigenvalue weighted by Gasteiger charge is -2.05. The van der Waals surface area contributed by atoms with E-state index < -0.39 is 0 Å². The van der Waals surface area contributed by atoms with Crippen LogP contribution in [0.5, 0.6) is 0 Å². The van der Waals surface area contributed by atoms with Crippen molar-refractivity contribution >= 4 is 34.3 Å². The Balaban J connectivity index is 2.05. The van der Waals surface area contributed by atoms with Crippen LogP contribution in [0.2, 0.25) is 5.02 Å². The normalized spacial score (nSPS) is 11.6. The van der Waals surface area contributed by atoms with E-state index in [-0.39, 0.29) is 0 Å². The van der Waals surface area contributed by atoms with Crippen LogP contribution in [0.1, 0.15) is 17.4 Å². The number of nitrogens with zero attached hydrogens (tertiary/aromatic N) is 1. The molecule has 0 aliphatic carbocycles. The lowest BCUT2D eigenvalue weighted by molar-refractivity contribution is 0.133. The van der Waals surface area contributed by atoms with Crippen LogP contribution in [-0.4, -0.2) is 5.71 Å². The van der Waals surface area contributed by atoms with Crippen molar-refractivity contribution in [2.24, 2.45) is 5.16 Å². The maximum absolute atomic E-state index is 5.93. The number of hydrogen-bond acceptors (Lipinski definition) is 4. The smallest absolute Gasteiger partial charge is 0.151 e. The average Bonchev–Trinajstić information content (AvgIpc) is 2.85. The van der Waals surface area contributed by atoms with Crippen LogP contribution in [0, 0.1) is 0 Å². The van der Waals surface area contributed by atoms with E-state index in [1.54, 1.807) is 29.5 Å². The maximum Gasteiger partial charge on any atom is 0.151 e. The van der Waals surface area contributed by atoms with Crippen molar-refractivity contribution in [3.63, 3.8) is 0 Å². The van der Waals surface area contributed by atoms with Crippen LogP contribution in [0.4, 0.5) is 5.69 Å². The van der Waals surface area contributed by atoms with Crippen molar-refractivity contribution in [1.29, 1.82) is 0 Å². The Morgan fingerprint density at radius 1 is 1.44 bits per heavy atom. The Morgan fingerprint density at radius 2 is 2.28 bits per heavy atom. The number of halogens is 1. The average molecular weight is 281 g/mol. The Labute approximate surface area is 115 Å². The van der Waals surface area contributed by atoms with Gasteiger partial charge in [0.1, 0.15) is 0 Å². The third-order valence-electron chi connectivity index (χ3n) is 2.39. The van der Waals surface area contributed by atoms with Crippen LogP contribution in [-0.2, 0) is 11.4 Å². The maximum atomic E-state index is 5.93. The molecular formula is C13H13ClN2OS. The predicted octanol–water partition coefficient (Wildman–Crippen LogP) is 3.92. The Bertz CT molecular complexity index is 552. The minimum absolute atomic E-state index is 0.468. The quantitative estimate of drug-likeness (QED) is 0.524. The molecule has 0 bridgehead atoms. The summed E-state index contributed by atoms with van der Waals surface area (Å²) >= 11 is 7.56. The molecule has 2 aromatic rings. The first kappa shape index (κ1) is 12.9. The minimum atomic E-state index is 0.468. The molecule has 0 amide bonds. The second kappa shape index (κ2) is 5.89. The highest BCUT2D eigenvalue weighted by atomic mass is 35.5. The molecule has 94 valence electrons. The molecule has 0 aliphatic heterocycles. The topological polar surface area (TPSA) is 47.6 Å². The molecule has 0 radical (unpaired) electrons. The van der Waals surface area contributed by atoms with E-state index in [1.807, 2.05) is 24.4 Å². The van der Waals surface area contributed by atoms with Gasteiger partial charge in [0.25, 0.3) is 0 Å². The summed E-state index contributed by atoms with van der Waals surface area (Å²) in [7, 11) is 0. The zero-order valence-corrected chi connectivity index (χ0v) is 11.5. The Hall–Kier alpha value is -1.52. The number of benzene rings is 1. The van der Waals surface area contributed by atoms with Crippen LogP contribution in [0.3, 0.4) is 0 Å². The van der Waals surface area contributed by atoms with Crippen molar-refractivity contribution < 1.29 is 4.84 Å². The number of anilines is 1. The molecule has 2 rings (SSSR count). The lowest BCUT2D eigenvalue weighted by atomic mass is 10.1. The zero-order chi connectivity index (χ0) is 13.0. The first-order valence-corrected chi connectivity index (χ1v) is 6.67. The standard InChI is InChI=1S/C13H13ClN2OS/c1-9(12-7-10(14)4-5-13(12)15)16-17-8-11-3-2-6-18-11/h2-7H,8,15H2,1H3/b16-9+. The van der Waals surface area contributed by atoms with E-state index in [2.05, 4.69) is 5.16 Å². The molecule has 0 atom stereocenters. The molecule has 0 saturated carbocycles. The molecule has 3 nitrogen and oxygen atoms in total. The SMILES string of the molecule is C/C(=N\OCc1cccs1)c1cc(Cl)ccc1N. The molecule has 1 heterocycles. The summed E-state index contributed by atoms with van der Waals surface area (Å²) in [4.78, 5) is 6.42. The van der Waals surface area contributed by atoms with E-state index in [4.69, 9.17) is 22.2 Å². The highest BCUT2D eigenvalue weighted by Gasteiger charge is 2.04. The van der Waals surface area contributed by atoms with Crippen molar-refractivity contribution in [1.82, 2.24) is 0 Å². The molecule has 1 aromatic heterocycles. The van der Waals surface area contributed by atoms with Gasteiger partial charge in [0.15, 0.2) is 6.61 Å². The van der Waals surface area contributed by atoms with Crippen molar-refractivity contribution in [2.75, 3.05) is 5.73 Å². The van der Waals surface area contributed by atoms with Gasteiger partial charge >= 0.3 is 0 Å². The van der Waals surface area contributed by atoms with Crippen molar-refractivity contribution in [3.8, 4) is 0 Å². The molecule has 0 spiro atoms. The molecule has 18 heavy (non-hydrogen) atoms. The molecule has 0 saturated heterocycles. The van der Waals surface area contributed by atoms with E-state index in [0.29, 0.717) is 23.0 Å². The number of rotatable bonds is 4. The van der Waals surface area contributed by atoms with Gasteiger partial charge in [-0.3, -0.25) is 0 Å². The lowest BCUT2D eigenvalue weighted by Crippen LogP contribution is -2.01. The molecule has 0 unspecified atom stereocenters. The first-order valence-electron chi connectivity index (χ1n) is 5.41. The first-order chi connectivity index (χ1) is 8.66. The molecule has 1 aromatic carbocycles. The van der Waals surface area contributed by atoms with Crippen LogP contribution in [0.15, 0.2) is 40.9 Å². The van der Waals surface area contributed by atoms with Gasteiger partial charge in [-0.15, -0.1) is 11.3 Å². The van der Waals surface area contributed by atoms with E-state index in [9.17, 15) is 0 Å². The second-order valence-corrected chi connectivity index (χ2v) is 5.23. The van der Waals surface area contributed by atoms with Gasteiger partial charge in [0.05, 0.1) is 5.71 Å². The summed E-state index contributed by atoms with van der Waals surface area (Å²) in [6, 6.07) is 9.28. The fraction of sp³-hybridized carbons (Fsp3) is 0.154. The van der Waals surface area contributed by atoms with E-state index in [1.165, 1.54) is 0 Å². The van der Waals surface area contributed by atoms with Crippen molar-refractivity contribution in [2.45, 2.75) is 13.5 Å². The third kappa shape index (κ3) is 3.24. The number of nitrogen functional groups attached to an aromatic ring is 1. The summed E-state index contributed by atoms with van der Waals surface area (Å²) in [5, 5.41) is 6.69. The highest BCUT2D eigenvalue weighted by molar-refractivity contribution is 7.09. The molecule has 0 fully saturated rings. The molecule has 0 aliphatic rings. The fourth-order valence-corrected chi connectivity index (χ4v) is 2.26. The summed E-state index contributed by atoms with van der Waals surface area (Å²) in [5.74, 6) is 0. The molecular weight excluding hydrogens is 268 g/mol. The minimum Gasteiger partial charge on any atom is -0.398 e. The highest BCUT2D eigenvalue weighted by Crippen LogP contribution is 2.19. The zero-order valence-electron chi connectivity index (χ0n) is 9.89. The summed E-state index contributed by atoms with van der Waals surface area (Å²) in [5.41, 5.74) is 8.02. The van der Waals surface area contributed by atoms with Crippen LogP contribution in [0.25, 0.3) is 0 Å². The van der Waals surface area contributed by atoms with Crippen LogP contribution < -0.4 is 5.73 Å². The second-order valence-electron chi connectivity index (χ2n) is 3.76. The van der Waals surface area contributed by atoms with Crippen LogP contribution >= 0.6 is 22.9 Å². The van der Waals surface area contributed by atoms with Gasteiger partial charge in [-0.25, -0.2) is 0 Å². The third-order valence-corrected chi connectivity index (χ3v) is 3.48. The molecule has 2 N–H and O–H groups in total. The number of hydrogen-bond donors (Lipinski definition) is 1. The Morgan fingerprint density at radius 3 is 3.00 bits per heavy atom. The van der Waals surface area contributed by atoms with Crippen molar-refractivity contribution in [3.05, 3.63) is 51.2 Å². The monoisotopic (exact) mass is 280 g/mol. The van der Waals surface area contributed by atoms with Gasteiger partial charge in [-0.05, 0) is 36.6 Å². The number of nitrogens with two attached hydrogens (primary N) is 1. The summed E-state index contributed by atoms with van der Waals surface area (Å²) in [6.07, 6.45) is 0. The Kier molecular flexibility index (Phi) is 4.23. The number of oxime groups is 1. The molecule has 5 heteroatoms. The van der Waals surface area contributed by atoms with Gasteiger partial charge in [-0.1, -0.05) is 22.8 Å². The van der Waals surface area contributed by atoms with Gasteiger partial charge in [0.2, 0.25) is 0 Å². The fourth-order valence-electron chi connectivity index (χ4n) is 1.48. The predicted molar refractivity (Wildman–Crippen MR) is 77.2 cm³/mol.